The molecule has 0 radical (unpaired) electrons. The molecule has 3 nitrogen and oxygen atoms in total. The van der Waals surface area contributed by atoms with Crippen LogP contribution in [0.15, 0.2) is 22.7 Å². The molecule has 1 aromatic rings. The van der Waals surface area contributed by atoms with Crippen molar-refractivity contribution in [1.29, 1.82) is 0 Å². The molecule has 0 saturated heterocycles. The van der Waals surface area contributed by atoms with E-state index in [0.717, 1.165) is 10.2 Å². The summed E-state index contributed by atoms with van der Waals surface area (Å²) in [7, 11) is 0. The van der Waals surface area contributed by atoms with E-state index in [0.29, 0.717) is 5.02 Å². The van der Waals surface area contributed by atoms with Crippen molar-refractivity contribution in [2.24, 2.45) is 0 Å². The fraction of sp³-hybridized carbons (Fsp3) is 0.462. The Morgan fingerprint density at radius 1 is 1.44 bits per heavy atom. The third-order valence-electron chi connectivity index (χ3n) is 2.06. The fourth-order valence-corrected chi connectivity index (χ4v) is 1.71. The molecule has 100 valence electrons. The highest BCUT2D eigenvalue weighted by Crippen LogP contribution is 2.26. The van der Waals surface area contributed by atoms with Gasteiger partial charge in [0.25, 0.3) is 0 Å². The van der Waals surface area contributed by atoms with Gasteiger partial charge in [-0.2, -0.15) is 0 Å². The Balaban J connectivity index is 2.66. The van der Waals surface area contributed by atoms with E-state index in [9.17, 15) is 4.79 Å². The van der Waals surface area contributed by atoms with Gasteiger partial charge in [0.1, 0.15) is 11.6 Å². The maximum atomic E-state index is 11.8. The van der Waals surface area contributed by atoms with Crippen molar-refractivity contribution < 1.29 is 9.53 Å². The van der Waals surface area contributed by atoms with Gasteiger partial charge in [-0.3, -0.25) is 0 Å². The molecule has 5 heteroatoms. The second-order valence-corrected chi connectivity index (χ2v) is 6.29. The minimum atomic E-state index is -0.482. The number of carbonyl (C=O) groups is 1. The van der Waals surface area contributed by atoms with Gasteiger partial charge >= 0.3 is 5.97 Å². The van der Waals surface area contributed by atoms with E-state index in [1.165, 1.54) is 0 Å². The lowest BCUT2D eigenvalue weighted by Gasteiger charge is -2.23. The van der Waals surface area contributed by atoms with Gasteiger partial charge in [0.2, 0.25) is 0 Å². The largest absolute Gasteiger partial charge is 0.458 e. The first-order valence-corrected chi connectivity index (χ1v) is 6.80. The number of halogens is 2. The number of hydrogen-bond donors (Lipinski definition) is 1. The smallest absolute Gasteiger partial charge is 0.328 e. The summed E-state index contributed by atoms with van der Waals surface area (Å²) in [4.78, 5) is 11.8. The van der Waals surface area contributed by atoms with Gasteiger partial charge in [0, 0.05) is 10.2 Å². The van der Waals surface area contributed by atoms with Crippen LogP contribution in [0.1, 0.15) is 27.7 Å². The van der Waals surface area contributed by atoms with E-state index in [1.807, 2.05) is 32.9 Å². The summed E-state index contributed by atoms with van der Waals surface area (Å²) in [6, 6.07) is 5.00. The SMILES string of the molecule is CC(Nc1ccc(Br)c(Cl)c1)C(=O)OC(C)(C)C. The molecule has 0 bridgehead atoms. The lowest BCUT2D eigenvalue weighted by Crippen LogP contribution is -2.34. The molecule has 1 unspecified atom stereocenters. The van der Waals surface area contributed by atoms with Gasteiger partial charge in [-0.05, 0) is 61.8 Å². The van der Waals surface area contributed by atoms with Crippen molar-refractivity contribution in [3.05, 3.63) is 27.7 Å². The number of anilines is 1. The molecule has 0 aliphatic carbocycles. The second kappa shape index (κ2) is 5.93. The molecule has 0 heterocycles. The Bertz CT molecular complexity index is 443. The van der Waals surface area contributed by atoms with Gasteiger partial charge in [0.05, 0.1) is 5.02 Å². The Hall–Kier alpha value is -0.740. The first kappa shape index (κ1) is 15.3. The van der Waals surface area contributed by atoms with E-state index >= 15 is 0 Å². The highest BCUT2D eigenvalue weighted by molar-refractivity contribution is 9.10. The van der Waals surface area contributed by atoms with Crippen LogP contribution >= 0.6 is 27.5 Å². The third kappa shape index (κ3) is 4.86. The molecule has 0 aromatic heterocycles. The van der Waals surface area contributed by atoms with Crippen LogP contribution < -0.4 is 5.32 Å². The number of benzene rings is 1. The van der Waals surface area contributed by atoms with E-state index in [4.69, 9.17) is 16.3 Å². The summed E-state index contributed by atoms with van der Waals surface area (Å²) < 4.78 is 6.10. The topological polar surface area (TPSA) is 38.3 Å². The summed E-state index contributed by atoms with van der Waals surface area (Å²) in [5.41, 5.74) is 0.297. The number of rotatable bonds is 3. The monoisotopic (exact) mass is 333 g/mol. The predicted molar refractivity (Wildman–Crippen MR) is 78.1 cm³/mol. The normalized spacial score (nSPS) is 13.0. The standard InChI is InChI=1S/C13H17BrClNO2/c1-8(12(17)18-13(2,3)4)16-9-5-6-10(14)11(15)7-9/h5-8,16H,1-4H3. The van der Waals surface area contributed by atoms with E-state index in [2.05, 4.69) is 21.2 Å². The van der Waals surface area contributed by atoms with Crippen molar-refractivity contribution in [2.75, 3.05) is 5.32 Å². The average molecular weight is 335 g/mol. The molecule has 0 saturated carbocycles. The highest BCUT2D eigenvalue weighted by atomic mass is 79.9. The molecule has 0 aliphatic heterocycles. The van der Waals surface area contributed by atoms with Crippen molar-refractivity contribution in [3.63, 3.8) is 0 Å². The zero-order valence-corrected chi connectivity index (χ0v) is 13.2. The Morgan fingerprint density at radius 2 is 2.06 bits per heavy atom. The zero-order chi connectivity index (χ0) is 13.9. The summed E-state index contributed by atoms with van der Waals surface area (Å²) in [5.74, 6) is -0.290. The number of carbonyl (C=O) groups excluding carboxylic acids is 1. The van der Waals surface area contributed by atoms with Gasteiger partial charge in [0.15, 0.2) is 0 Å². The van der Waals surface area contributed by atoms with Crippen molar-refractivity contribution in [1.82, 2.24) is 0 Å². The minimum Gasteiger partial charge on any atom is -0.458 e. The quantitative estimate of drug-likeness (QED) is 0.840. The Kier molecular flexibility index (Phi) is 5.05. The summed E-state index contributed by atoms with van der Waals surface area (Å²) >= 11 is 9.29. The van der Waals surface area contributed by atoms with Gasteiger partial charge in [-0.15, -0.1) is 0 Å². The molecule has 18 heavy (non-hydrogen) atoms. The molecule has 1 atom stereocenters. The summed E-state index contributed by atoms with van der Waals surface area (Å²) in [6.45, 7) is 7.28. The lowest BCUT2D eigenvalue weighted by molar-refractivity contribution is -0.155. The fourth-order valence-electron chi connectivity index (χ4n) is 1.29. The third-order valence-corrected chi connectivity index (χ3v) is 3.30. The maximum Gasteiger partial charge on any atom is 0.328 e. The van der Waals surface area contributed by atoms with Gasteiger partial charge < -0.3 is 10.1 Å². The van der Waals surface area contributed by atoms with Crippen molar-refractivity contribution >= 4 is 39.2 Å². The molecule has 1 rings (SSSR count). The zero-order valence-electron chi connectivity index (χ0n) is 10.9. The van der Waals surface area contributed by atoms with E-state index in [1.54, 1.807) is 13.0 Å². The minimum absolute atomic E-state index is 0.290. The van der Waals surface area contributed by atoms with Crippen molar-refractivity contribution in [3.8, 4) is 0 Å². The molecular weight excluding hydrogens is 318 g/mol. The second-order valence-electron chi connectivity index (χ2n) is 5.03. The number of nitrogens with one attached hydrogen (secondary N) is 1. The van der Waals surface area contributed by atoms with Crippen LogP contribution in [0.5, 0.6) is 0 Å². The van der Waals surface area contributed by atoms with Crippen LogP contribution in [0.25, 0.3) is 0 Å². The molecule has 0 aliphatic rings. The van der Waals surface area contributed by atoms with Crippen LogP contribution in [0, 0.1) is 0 Å². The Labute approximate surface area is 121 Å². The number of esters is 1. The van der Waals surface area contributed by atoms with E-state index < -0.39 is 11.6 Å². The van der Waals surface area contributed by atoms with Gasteiger partial charge in [-0.25, -0.2) is 4.79 Å². The predicted octanol–water partition coefficient (Wildman–Crippen LogP) is 4.24. The van der Waals surface area contributed by atoms with Crippen LogP contribution in [-0.4, -0.2) is 17.6 Å². The molecule has 0 spiro atoms. The maximum absolute atomic E-state index is 11.8. The summed E-state index contributed by atoms with van der Waals surface area (Å²) in [6.07, 6.45) is 0. The number of ether oxygens (including phenoxy) is 1. The molecule has 0 fully saturated rings. The molecule has 1 N–H and O–H groups in total. The lowest BCUT2D eigenvalue weighted by atomic mass is 10.2. The number of hydrogen-bond acceptors (Lipinski definition) is 3. The first-order valence-electron chi connectivity index (χ1n) is 5.63. The van der Waals surface area contributed by atoms with Crippen LogP contribution in [0.3, 0.4) is 0 Å². The van der Waals surface area contributed by atoms with Crippen molar-refractivity contribution in [2.45, 2.75) is 39.3 Å². The average Bonchev–Trinajstić information content (AvgIpc) is 2.21. The highest BCUT2D eigenvalue weighted by Gasteiger charge is 2.21. The first-order chi connectivity index (χ1) is 8.19. The molecular formula is C13H17BrClNO2. The molecule has 1 aromatic carbocycles. The molecule has 0 amide bonds. The van der Waals surface area contributed by atoms with Crippen LogP contribution in [0.4, 0.5) is 5.69 Å². The summed E-state index contributed by atoms with van der Waals surface area (Å²) in [5, 5.41) is 3.65. The van der Waals surface area contributed by atoms with Crippen LogP contribution in [-0.2, 0) is 9.53 Å². The van der Waals surface area contributed by atoms with E-state index in [-0.39, 0.29) is 5.97 Å². The van der Waals surface area contributed by atoms with Crippen LogP contribution in [0.2, 0.25) is 5.02 Å². The Morgan fingerprint density at radius 3 is 2.56 bits per heavy atom. The van der Waals surface area contributed by atoms with Gasteiger partial charge in [-0.1, -0.05) is 11.6 Å².